The van der Waals surface area contributed by atoms with Gasteiger partial charge in [-0.15, -0.1) is 0 Å². The quantitative estimate of drug-likeness (QED) is 0.836. The van der Waals surface area contributed by atoms with Crippen molar-refractivity contribution >= 4 is 6.09 Å². The Kier molecular flexibility index (Phi) is 4.38. The van der Waals surface area contributed by atoms with Crippen molar-refractivity contribution < 1.29 is 9.53 Å². The van der Waals surface area contributed by atoms with Gasteiger partial charge in [-0.1, -0.05) is 30.3 Å². The molecule has 1 amide bonds. The lowest BCUT2D eigenvalue weighted by Crippen LogP contribution is -2.36. The van der Waals surface area contributed by atoms with E-state index in [0.717, 1.165) is 31.5 Å². The molecule has 1 aromatic rings. The molecular formula is C13H18N2O2. The van der Waals surface area contributed by atoms with Gasteiger partial charge in [0.05, 0.1) is 0 Å². The molecule has 0 saturated carbocycles. The molecule has 92 valence electrons. The lowest BCUT2D eigenvalue weighted by Gasteiger charge is -2.22. The van der Waals surface area contributed by atoms with Gasteiger partial charge in [-0.25, -0.2) is 4.79 Å². The van der Waals surface area contributed by atoms with E-state index >= 15 is 0 Å². The van der Waals surface area contributed by atoms with Gasteiger partial charge in [0.15, 0.2) is 0 Å². The summed E-state index contributed by atoms with van der Waals surface area (Å²) in [6.07, 6.45) is 1.55. The van der Waals surface area contributed by atoms with Gasteiger partial charge in [0.25, 0.3) is 0 Å². The molecule has 0 unspecified atom stereocenters. The van der Waals surface area contributed by atoms with E-state index in [0.29, 0.717) is 6.54 Å². The molecule has 0 radical (unpaired) electrons. The summed E-state index contributed by atoms with van der Waals surface area (Å²) in [6.45, 7) is 2.37. The number of carbonyl (C=O) groups excluding carboxylic acids is 1. The highest BCUT2D eigenvalue weighted by atomic mass is 16.6. The molecule has 1 aliphatic rings. The summed E-state index contributed by atoms with van der Waals surface area (Å²) in [5, 5.41) is 6.00. The molecule has 2 N–H and O–H groups in total. The molecule has 4 heteroatoms. The molecule has 0 aromatic heterocycles. The topological polar surface area (TPSA) is 50.4 Å². The Bertz CT molecular complexity index is 348. The zero-order chi connectivity index (χ0) is 11.9. The molecule has 1 aliphatic heterocycles. The van der Waals surface area contributed by atoms with Crippen LogP contribution in [0.2, 0.25) is 0 Å². The highest BCUT2D eigenvalue weighted by molar-refractivity contribution is 5.67. The van der Waals surface area contributed by atoms with Gasteiger partial charge in [-0.2, -0.15) is 0 Å². The van der Waals surface area contributed by atoms with Gasteiger partial charge < -0.3 is 15.4 Å². The third kappa shape index (κ3) is 4.07. The molecule has 1 fully saturated rings. The average molecular weight is 234 g/mol. The minimum Gasteiger partial charge on any atom is -0.446 e. The van der Waals surface area contributed by atoms with Crippen molar-refractivity contribution in [1.29, 1.82) is 0 Å². The first kappa shape index (κ1) is 11.9. The fourth-order valence-corrected chi connectivity index (χ4v) is 1.88. The average Bonchev–Trinajstić information content (AvgIpc) is 2.39. The Morgan fingerprint density at radius 1 is 1.29 bits per heavy atom. The largest absolute Gasteiger partial charge is 0.446 e. The molecule has 0 aliphatic carbocycles. The number of piperidine rings is 1. The number of alkyl carbamates (subject to hydrolysis) is 1. The van der Waals surface area contributed by atoms with E-state index in [2.05, 4.69) is 10.6 Å². The van der Waals surface area contributed by atoms with Crippen LogP contribution in [0.3, 0.4) is 0 Å². The molecule has 0 atom stereocenters. The fourth-order valence-electron chi connectivity index (χ4n) is 1.88. The Balaban J connectivity index is 1.70. The van der Waals surface area contributed by atoms with Gasteiger partial charge in [0.2, 0.25) is 0 Å². The van der Waals surface area contributed by atoms with Crippen LogP contribution in [0, 0.1) is 0 Å². The number of hydrogen-bond donors (Lipinski definition) is 2. The van der Waals surface area contributed by atoms with Gasteiger partial charge in [-0.3, -0.25) is 0 Å². The van der Waals surface area contributed by atoms with E-state index < -0.39 is 0 Å². The van der Waals surface area contributed by atoms with Crippen molar-refractivity contribution in [2.75, 3.05) is 13.1 Å². The minimum atomic E-state index is -0.319. The predicted octanol–water partition coefficient (Wildman–Crippen LogP) is 1.66. The molecule has 0 bridgehead atoms. The first-order chi connectivity index (χ1) is 8.34. The number of nitrogens with one attached hydrogen (secondary N) is 2. The Labute approximate surface area is 101 Å². The number of ether oxygens (including phenoxy) is 1. The SMILES string of the molecule is O=C(NCc1ccccc1)OC1CCNCC1. The number of hydrogen-bond acceptors (Lipinski definition) is 3. The van der Waals surface area contributed by atoms with Crippen molar-refractivity contribution in [3.05, 3.63) is 35.9 Å². The van der Waals surface area contributed by atoms with Gasteiger partial charge in [-0.05, 0) is 31.5 Å². The second-order valence-electron chi connectivity index (χ2n) is 4.19. The first-order valence-electron chi connectivity index (χ1n) is 6.04. The van der Waals surface area contributed by atoms with Crippen LogP contribution in [0.25, 0.3) is 0 Å². The summed E-state index contributed by atoms with van der Waals surface area (Å²) in [5.41, 5.74) is 1.08. The van der Waals surface area contributed by atoms with Gasteiger partial charge in [0.1, 0.15) is 6.10 Å². The number of carbonyl (C=O) groups is 1. The maximum Gasteiger partial charge on any atom is 0.407 e. The summed E-state index contributed by atoms with van der Waals surface area (Å²) in [7, 11) is 0. The van der Waals surface area contributed by atoms with Gasteiger partial charge >= 0.3 is 6.09 Å². The second kappa shape index (κ2) is 6.25. The summed E-state index contributed by atoms with van der Waals surface area (Å²) >= 11 is 0. The summed E-state index contributed by atoms with van der Waals surface area (Å²) < 4.78 is 5.32. The highest BCUT2D eigenvalue weighted by Gasteiger charge is 2.16. The lowest BCUT2D eigenvalue weighted by atomic mass is 10.1. The van der Waals surface area contributed by atoms with Crippen molar-refractivity contribution in [3.8, 4) is 0 Å². The molecule has 1 heterocycles. The Hall–Kier alpha value is -1.55. The van der Waals surface area contributed by atoms with Crippen LogP contribution in [0.4, 0.5) is 4.79 Å². The van der Waals surface area contributed by atoms with E-state index in [9.17, 15) is 4.79 Å². The zero-order valence-electron chi connectivity index (χ0n) is 9.82. The van der Waals surface area contributed by atoms with Crippen LogP contribution in [0.15, 0.2) is 30.3 Å². The smallest absolute Gasteiger partial charge is 0.407 e. The molecule has 4 nitrogen and oxygen atoms in total. The lowest BCUT2D eigenvalue weighted by molar-refractivity contribution is 0.0790. The maximum absolute atomic E-state index is 11.5. The van der Waals surface area contributed by atoms with Crippen LogP contribution in [0.1, 0.15) is 18.4 Å². The monoisotopic (exact) mass is 234 g/mol. The zero-order valence-corrected chi connectivity index (χ0v) is 9.82. The van der Waals surface area contributed by atoms with Crippen molar-refractivity contribution in [2.24, 2.45) is 0 Å². The van der Waals surface area contributed by atoms with Gasteiger partial charge in [0, 0.05) is 6.54 Å². The molecule has 2 rings (SSSR count). The van der Waals surface area contributed by atoms with E-state index in [1.807, 2.05) is 30.3 Å². The van der Waals surface area contributed by atoms with Crippen molar-refractivity contribution in [1.82, 2.24) is 10.6 Å². The molecule has 1 saturated heterocycles. The highest BCUT2D eigenvalue weighted by Crippen LogP contribution is 2.07. The van der Waals surface area contributed by atoms with Crippen molar-refractivity contribution in [2.45, 2.75) is 25.5 Å². The molecule has 1 aromatic carbocycles. The summed E-state index contributed by atoms with van der Waals surface area (Å²) in [5.74, 6) is 0. The normalized spacial score (nSPS) is 16.5. The van der Waals surface area contributed by atoms with Crippen LogP contribution in [-0.2, 0) is 11.3 Å². The molecule has 17 heavy (non-hydrogen) atoms. The van der Waals surface area contributed by atoms with Crippen LogP contribution in [-0.4, -0.2) is 25.3 Å². The van der Waals surface area contributed by atoms with E-state index in [1.54, 1.807) is 0 Å². The maximum atomic E-state index is 11.5. The van der Waals surface area contributed by atoms with Crippen LogP contribution in [0.5, 0.6) is 0 Å². The Morgan fingerprint density at radius 3 is 2.71 bits per heavy atom. The third-order valence-electron chi connectivity index (χ3n) is 2.84. The van der Waals surface area contributed by atoms with E-state index in [1.165, 1.54) is 0 Å². The number of amides is 1. The van der Waals surface area contributed by atoms with E-state index in [4.69, 9.17) is 4.74 Å². The van der Waals surface area contributed by atoms with E-state index in [-0.39, 0.29) is 12.2 Å². The second-order valence-corrected chi connectivity index (χ2v) is 4.19. The number of rotatable bonds is 3. The standard InChI is InChI=1S/C13H18N2O2/c16-13(17-12-6-8-14-9-7-12)15-10-11-4-2-1-3-5-11/h1-5,12,14H,6-10H2,(H,15,16). The number of benzene rings is 1. The molecule has 0 spiro atoms. The minimum absolute atomic E-state index is 0.0621. The van der Waals surface area contributed by atoms with Crippen molar-refractivity contribution in [3.63, 3.8) is 0 Å². The van der Waals surface area contributed by atoms with Crippen LogP contribution >= 0.6 is 0 Å². The third-order valence-corrected chi connectivity index (χ3v) is 2.84. The Morgan fingerprint density at radius 2 is 2.00 bits per heavy atom. The molecular weight excluding hydrogens is 216 g/mol. The van der Waals surface area contributed by atoms with Crippen LogP contribution < -0.4 is 10.6 Å². The first-order valence-corrected chi connectivity index (χ1v) is 6.04. The predicted molar refractivity (Wildman–Crippen MR) is 65.7 cm³/mol. The summed E-state index contributed by atoms with van der Waals surface area (Å²) in [4.78, 5) is 11.5. The summed E-state index contributed by atoms with van der Waals surface area (Å²) in [6, 6.07) is 9.82. The fraction of sp³-hybridized carbons (Fsp3) is 0.462.